The number of halogens is 2. The molecule has 1 fully saturated rings. The minimum atomic E-state index is -0.668. The Bertz CT molecular complexity index is 780. The van der Waals surface area contributed by atoms with E-state index in [4.69, 9.17) is 0 Å². The van der Waals surface area contributed by atoms with Gasteiger partial charge in [0.25, 0.3) is 0 Å². The predicted molar refractivity (Wildman–Crippen MR) is 82.2 cm³/mol. The van der Waals surface area contributed by atoms with E-state index >= 15 is 0 Å². The Morgan fingerprint density at radius 1 is 1.21 bits per heavy atom. The Labute approximate surface area is 138 Å². The lowest BCUT2D eigenvalue weighted by molar-refractivity contribution is -0.133. The number of nitrogens with zero attached hydrogens (tertiary/aromatic N) is 4. The van der Waals surface area contributed by atoms with Crippen LogP contribution in [0, 0.1) is 11.6 Å². The van der Waals surface area contributed by atoms with E-state index in [9.17, 15) is 13.6 Å². The molecule has 4 rings (SSSR count). The van der Waals surface area contributed by atoms with E-state index in [1.165, 1.54) is 12.1 Å². The van der Waals surface area contributed by atoms with Crippen molar-refractivity contribution < 1.29 is 13.6 Å². The van der Waals surface area contributed by atoms with Gasteiger partial charge in [-0.1, -0.05) is 0 Å². The highest BCUT2D eigenvalue weighted by Crippen LogP contribution is 2.39. The summed E-state index contributed by atoms with van der Waals surface area (Å²) in [6, 6.07) is 3.01. The van der Waals surface area contributed by atoms with Crippen LogP contribution in [0.2, 0.25) is 0 Å². The first-order valence-electron chi connectivity index (χ1n) is 8.20. The van der Waals surface area contributed by atoms with Gasteiger partial charge < -0.3 is 4.90 Å². The Morgan fingerprint density at radius 2 is 1.92 bits per heavy atom. The van der Waals surface area contributed by atoms with Gasteiger partial charge in [-0.15, -0.1) is 0 Å². The molecule has 1 aromatic heterocycles. The van der Waals surface area contributed by atoms with Gasteiger partial charge in [0.1, 0.15) is 17.5 Å². The van der Waals surface area contributed by atoms with Crippen molar-refractivity contribution in [3.05, 3.63) is 47.0 Å². The van der Waals surface area contributed by atoms with Crippen LogP contribution >= 0.6 is 0 Å². The lowest BCUT2D eigenvalue weighted by Crippen LogP contribution is -2.42. The minimum Gasteiger partial charge on any atom is -0.331 e. The largest absolute Gasteiger partial charge is 0.331 e. The van der Waals surface area contributed by atoms with Crippen molar-refractivity contribution in [3.63, 3.8) is 0 Å². The zero-order valence-electron chi connectivity index (χ0n) is 13.4. The zero-order chi connectivity index (χ0) is 16.8. The van der Waals surface area contributed by atoms with Crippen LogP contribution in [-0.4, -0.2) is 32.1 Å². The molecule has 0 saturated heterocycles. The molecule has 0 spiro atoms. The van der Waals surface area contributed by atoms with Crippen LogP contribution in [-0.2, 0) is 17.8 Å². The third-order valence-corrected chi connectivity index (χ3v) is 4.65. The number of benzene rings is 1. The first-order valence-corrected chi connectivity index (χ1v) is 8.20. The molecule has 7 heteroatoms. The molecule has 2 aliphatic rings. The van der Waals surface area contributed by atoms with E-state index < -0.39 is 11.6 Å². The van der Waals surface area contributed by atoms with Crippen molar-refractivity contribution in [1.29, 1.82) is 0 Å². The standard InChI is InChI=1S/C17H18F2N4O/c1-10-17-20-16(12-2-3-12)21-23(17)5-4-22(10)15(24)8-11-6-13(18)9-14(19)7-11/h6-7,9-10,12H,2-5,8H2,1H3/t10-/m1/s1. The highest BCUT2D eigenvalue weighted by Gasteiger charge is 2.34. The molecule has 1 atom stereocenters. The molecular weight excluding hydrogens is 314 g/mol. The predicted octanol–water partition coefficient (Wildman–Crippen LogP) is 2.58. The molecule has 1 saturated carbocycles. The summed E-state index contributed by atoms with van der Waals surface area (Å²) in [5.41, 5.74) is 0.343. The summed E-state index contributed by atoms with van der Waals surface area (Å²) in [5.74, 6) is 0.640. The summed E-state index contributed by atoms with van der Waals surface area (Å²) in [5, 5.41) is 4.53. The third kappa shape index (κ3) is 2.79. The molecule has 0 bridgehead atoms. The maximum Gasteiger partial charge on any atom is 0.227 e. The van der Waals surface area contributed by atoms with Gasteiger partial charge in [-0.05, 0) is 37.5 Å². The van der Waals surface area contributed by atoms with Crippen molar-refractivity contribution in [2.24, 2.45) is 0 Å². The van der Waals surface area contributed by atoms with Gasteiger partial charge in [0.15, 0.2) is 5.82 Å². The normalized spacial score (nSPS) is 20.1. The van der Waals surface area contributed by atoms with Crippen LogP contribution in [0.15, 0.2) is 18.2 Å². The second kappa shape index (κ2) is 5.65. The minimum absolute atomic E-state index is 0.0252. The fourth-order valence-electron chi connectivity index (χ4n) is 3.23. The van der Waals surface area contributed by atoms with Gasteiger partial charge in [0.05, 0.1) is 19.0 Å². The average Bonchev–Trinajstić information content (AvgIpc) is 3.26. The molecule has 0 N–H and O–H groups in total. The molecule has 1 aliphatic heterocycles. The van der Waals surface area contributed by atoms with Crippen LogP contribution < -0.4 is 0 Å². The first kappa shape index (κ1) is 15.2. The van der Waals surface area contributed by atoms with E-state index in [1.807, 2.05) is 11.6 Å². The van der Waals surface area contributed by atoms with Crippen LogP contribution in [0.1, 0.15) is 48.9 Å². The molecule has 0 unspecified atom stereocenters. The molecule has 0 radical (unpaired) electrons. The molecular formula is C17H18F2N4O. The van der Waals surface area contributed by atoms with Gasteiger partial charge in [0, 0.05) is 18.5 Å². The molecule has 5 nitrogen and oxygen atoms in total. The lowest BCUT2D eigenvalue weighted by Gasteiger charge is -2.33. The van der Waals surface area contributed by atoms with Gasteiger partial charge in [-0.2, -0.15) is 5.10 Å². The van der Waals surface area contributed by atoms with Gasteiger partial charge in [-0.25, -0.2) is 18.4 Å². The van der Waals surface area contributed by atoms with Crippen LogP contribution in [0.3, 0.4) is 0 Å². The highest BCUT2D eigenvalue weighted by molar-refractivity contribution is 5.79. The fourth-order valence-corrected chi connectivity index (χ4v) is 3.23. The van der Waals surface area contributed by atoms with E-state index in [2.05, 4.69) is 10.1 Å². The van der Waals surface area contributed by atoms with Gasteiger partial charge >= 0.3 is 0 Å². The van der Waals surface area contributed by atoms with Crippen molar-refractivity contribution in [3.8, 4) is 0 Å². The number of hydrogen-bond donors (Lipinski definition) is 0. The molecule has 24 heavy (non-hydrogen) atoms. The van der Waals surface area contributed by atoms with Crippen LogP contribution in [0.4, 0.5) is 8.78 Å². The topological polar surface area (TPSA) is 51.0 Å². The Hall–Kier alpha value is -2.31. The maximum absolute atomic E-state index is 13.3. The van der Waals surface area contributed by atoms with E-state index in [-0.39, 0.29) is 18.4 Å². The van der Waals surface area contributed by atoms with Crippen molar-refractivity contribution in [1.82, 2.24) is 19.7 Å². The highest BCUT2D eigenvalue weighted by atomic mass is 19.1. The number of carbonyl (C=O) groups is 1. The Morgan fingerprint density at radius 3 is 2.58 bits per heavy atom. The quantitative estimate of drug-likeness (QED) is 0.868. The number of hydrogen-bond acceptors (Lipinski definition) is 3. The third-order valence-electron chi connectivity index (χ3n) is 4.65. The van der Waals surface area contributed by atoms with Crippen molar-refractivity contribution in [2.75, 3.05) is 6.54 Å². The van der Waals surface area contributed by atoms with E-state index in [1.54, 1.807) is 4.90 Å². The molecule has 1 amide bonds. The summed E-state index contributed by atoms with van der Waals surface area (Å²) in [4.78, 5) is 18.9. The summed E-state index contributed by atoms with van der Waals surface area (Å²) in [6.45, 7) is 3.04. The summed E-state index contributed by atoms with van der Waals surface area (Å²) in [7, 11) is 0. The van der Waals surface area contributed by atoms with E-state index in [0.29, 0.717) is 24.6 Å². The monoisotopic (exact) mass is 332 g/mol. The van der Waals surface area contributed by atoms with Crippen molar-refractivity contribution >= 4 is 5.91 Å². The number of fused-ring (bicyclic) bond motifs is 1. The zero-order valence-corrected chi connectivity index (χ0v) is 13.4. The van der Waals surface area contributed by atoms with Crippen molar-refractivity contribution in [2.45, 2.75) is 44.7 Å². The average molecular weight is 332 g/mol. The summed E-state index contributed by atoms with van der Waals surface area (Å²) < 4.78 is 28.5. The smallest absolute Gasteiger partial charge is 0.227 e. The lowest BCUT2D eigenvalue weighted by atomic mass is 10.1. The van der Waals surface area contributed by atoms with Crippen LogP contribution in [0.5, 0.6) is 0 Å². The molecule has 2 heterocycles. The second-order valence-corrected chi connectivity index (χ2v) is 6.54. The van der Waals surface area contributed by atoms with Gasteiger partial charge in [-0.3, -0.25) is 4.79 Å². The summed E-state index contributed by atoms with van der Waals surface area (Å²) >= 11 is 0. The number of rotatable bonds is 3. The maximum atomic E-state index is 13.3. The van der Waals surface area contributed by atoms with Gasteiger partial charge in [0.2, 0.25) is 5.91 Å². The fraction of sp³-hybridized carbons (Fsp3) is 0.471. The summed E-state index contributed by atoms with van der Waals surface area (Å²) in [6.07, 6.45) is 2.24. The van der Waals surface area contributed by atoms with E-state index in [0.717, 1.165) is 30.6 Å². The number of aromatic nitrogens is 3. The van der Waals surface area contributed by atoms with Crippen LogP contribution in [0.25, 0.3) is 0 Å². The first-order chi connectivity index (χ1) is 11.5. The number of amides is 1. The second-order valence-electron chi connectivity index (χ2n) is 6.54. The Balaban J connectivity index is 1.52. The molecule has 1 aromatic carbocycles. The molecule has 2 aromatic rings. The Kier molecular flexibility index (Phi) is 3.58. The number of carbonyl (C=O) groups excluding carboxylic acids is 1. The molecule has 126 valence electrons. The molecule has 1 aliphatic carbocycles. The SMILES string of the molecule is C[C@@H]1c2nc(C3CC3)nn2CCN1C(=O)Cc1cc(F)cc(F)c1.